The van der Waals surface area contributed by atoms with Crippen LogP contribution in [0.5, 0.6) is 0 Å². The fourth-order valence-corrected chi connectivity index (χ4v) is 7.17. The highest BCUT2D eigenvalue weighted by atomic mass is 35.7. The van der Waals surface area contributed by atoms with Gasteiger partial charge in [0.1, 0.15) is 0 Å². The van der Waals surface area contributed by atoms with Crippen molar-refractivity contribution in [3.05, 3.63) is 0 Å². The minimum absolute atomic E-state index is 0.228. The maximum absolute atomic E-state index is 10.8. The van der Waals surface area contributed by atoms with E-state index in [1.165, 1.54) is 0 Å². The maximum Gasteiger partial charge on any atom is 0.391 e. The minimum atomic E-state index is -2.75. The molecule has 3 nitrogen and oxygen atoms in total. The molecule has 5 heteroatoms. The number of halogens is 1. The Morgan fingerprint density at radius 2 is 0.882 bits per heavy atom. The van der Waals surface area contributed by atoms with Crippen molar-refractivity contribution in [1.82, 2.24) is 9.34 Å². The molecule has 0 aliphatic carbocycles. The van der Waals surface area contributed by atoms with E-state index in [4.69, 9.17) is 11.2 Å². The number of rotatable bonds is 6. The van der Waals surface area contributed by atoms with E-state index in [2.05, 4.69) is 55.4 Å². The molecule has 0 rings (SSSR count). The topological polar surface area (TPSA) is 26.7 Å². The van der Waals surface area contributed by atoms with Gasteiger partial charge in [-0.25, -0.2) is 0 Å². The molecule has 0 heterocycles. The van der Waals surface area contributed by atoms with Crippen LogP contribution in [0.3, 0.4) is 0 Å². The first kappa shape index (κ1) is 17.6. The van der Waals surface area contributed by atoms with Crippen LogP contribution in [-0.2, 0) is 0 Å². The Morgan fingerprint density at radius 1 is 0.706 bits per heavy atom. The van der Waals surface area contributed by atoms with Gasteiger partial charge < -0.3 is 0 Å². The van der Waals surface area contributed by atoms with Crippen molar-refractivity contribution in [2.75, 3.05) is 0 Å². The molecule has 0 aromatic rings. The number of hydrogen-bond donors (Lipinski definition) is 1. The van der Waals surface area contributed by atoms with Crippen LogP contribution in [0, 0.1) is 0 Å². The molecule has 0 saturated heterocycles. The zero-order chi connectivity index (χ0) is 14.0. The van der Waals surface area contributed by atoms with Crippen LogP contribution in [0.1, 0.15) is 55.4 Å². The smallest absolute Gasteiger partial charge is 0.197 e. The third-order valence-corrected chi connectivity index (χ3v) is 6.77. The highest BCUT2D eigenvalue weighted by Gasteiger charge is 2.54. The molecule has 0 unspecified atom stereocenters. The van der Waals surface area contributed by atoms with Crippen molar-refractivity contribution in [1.29, 1.82) is 0 Å². The molecule has 0 aromatic heterocycles. The lowest BCUT2D eigenvalue weighted by atomic mass is 10.3. The van der Waals surface area contributed by atoms with Crippen molar-refractivity contribution < 1.29 is 4.89 Å². The summed E-state index contributed by atoms with van der Waals surface area (Å²) in [7, 11) is -2.75. The first-order chi connectivity index (χ1) is 7.53. The first-order valence-electron chi connectivity index (χ1n) is 6.42. The highest BCUT2D eigenvalue weighted by molar-refractivity contribution is 7.90. The second-order valence-electron chi connectivity index (χ2n) is 5.63. The third kappa shape index (κ3) is 4.33. The molecule has 1 N–H and O–H groups in total. The predicted octanol–water partition coefficient (Wildman–Crippen LogP) is 4.13. The van der Waals surface area contributed by atoms with E-state index in [9.17, 15) is 4.89 Å². The summed E-state index contributed by atoms with van der Waals surface area (Å²) in [5.74, 6) is 0. The van der Waals surface area contributed by atoms with Gasteiger partial charge in [0, 0.05) is 24.2 Å². The zero-order valence-electron chi connectivity index (χ0n) is 12.5. The molecular weight excluding hydrogens is 255 g/mol. The normalized spacial score (nSPS) is 14.1. The van der Waals surface area contributed by atoms with Gasteiger partial charge in [0.05, 0.1) is 0 Å². The summed E-state index contributed by atoms with van der Waals surface area (Å²) in [5, 5.41) is 0. The lowest BCUT2D eigenvalue weighted by Gasteiger charge is -2.40. The molecule has 0 aliphatic heterocycles. The van der Waals surface area contributed by atoms with E-state index in [-0.39, 0.29) is 24.2 Å². The Labute approximate surface area is 112 Å². The van der Waals surface area contributed by atoms with Gasteiger partial charge in [-0.1, -0.05) is 0 Å². The van der Waals surface area contributed by atoms with Crippen LogP contribution >= 0.6 is 18.4 Å². The first-order valence-corrected chi connectivity index (χ1v) is 8.97. The summed E-state index contributed by atoms with van der Waals surface area (Å²) in [6.07, 6.45) is 0. The Balaban J connectivity index is 5.30. The monoisotopic (exact) mass is 283 g/mol. The van der Waals surface area contributed by atoms with Gasteiger partial charge in [0.2, 0.25) is 0 Å². The van der Waals surface area contributed by atoms with Gasteiger partial charge >= 0.3 is 7.14 Å². The highest BCUT2D eigenvalue weighted by Crippen LogP contribution is 2.69. The summed E-state index contributed by atoms with van der Waals surface area (Å²) in [4.78, 5) is 10.8. The summed E-state index contributed by atoms with van der Waals surface area (Å²) < 4.78 is 4.07. The predicted molar refractivity (Wildman–Crippen MR) is 79.2 cm³/mol. The van der Waals surface area contributed by atoms with Crippen molar-refractivity contribution >= 4 is 18.4 Å². The van der Waals surface area contributed by atoms with Gasteiger partial charge in [0.15, 0.2) is 11.2 Å². The summed E-state index contributed by atoms with van der Waals surface area (Å²) in [6.45, 7) is 16.6. The average molecular weight is 284 g/mol. The number of hydrogen-bond acceptors (Lipinski definition) is 3. The molecule has 0 amide bonds. The lowest BCUT2D eigenvalue weighted by molar-refractivity contribution is 0.215. The van der Waals surface area contributed by atoms with Crippen LogP contribution in [0.2, 0.25) is 0 Å². The fraction of sp³-hybridized carbons (Fsp3) is 1.00. The Bertz CT molecular complexity index is 195. The van der Waals surface area contributed by atoms with Crippen molar-refractivity contribution in [2.45, 2.75) is 79.6 Å². The van der Waals surface area contributed by atoms with Crippen molar-refractivity contribution in [3.8, 4) is 0 Å². The SMILES string of the molecule is CC(C)N(C(C)C)[P+](O)(Cl)N(C(C)C)C(C)C. The second-order valence-corrected chi connectivity index (χ2v) is 8.90. The van der Waals surface area contributed by atoms with Gasteiger partial charge in [-0.2, -0.15) is 4.89 Å². The second kappa shape index (κ2) is 6.68. The standard InChI is InChI=1S/C12H29ClN2OP/c1-9(2)14(10(3)4)17(13,16)15(11(5)6)12(7)8/h9-12,16H,1-8H3/q+1. The van der Waals surface area contributed by atoms with Crippen LogP contribution in [0.4, 0.5) is 0 Å². The number of nitrogens with zero attached hydrogens (tertiary/aromatic N) is 2. The Hall–Kier alpha value is 0.600. The van der Waals surface area contributed by atoms with Crippen LogP contribution in [-0.4, -0.2) is 38.4 Å². The molecule has 0 bridgehead atoms. The lowest BCUT2D eigenvalue weighted by Crippen LogP contribution is -2.45. The van der Waals surface area contributed by atoms with Crippen LogP contribution in [0.15, 0.2) is 0 Å². The molecule has 104 valence electrons. The van der Waals surface area contributed by atoms with Gasteiger partial charge in [0.25, 0.3) is 0 Å². The molecule has 0 aliphatic rings. The molecule has 0 aromatic carbocycles. The van der Waals surface area contributed by atoms with E-state index in [1.54, 1.807) is 0 Å². The quantitative estimate of drug-likeness (QED) is 0.743. The van der Waals surface area contributed by atoms with Gasteiger partial charge in [-0.05, 0) is 55.4 Å². The molecule has 0 radical (unpaired) electrons. The summed E-state index contributed by atoms with van der Waals surface area (Å²) in [6, 6.07) is 0.910. The Morgan fingerprint density at radius 3 is 1.00 bits per heavy atom. The zero-order valence-corrected chi connectivity index (χ0v) is 14.1. The molecule has 0 spiro atoms. The van der Waals surface area contributed by atoms with E-state index in [0.717, 1.165) is 0 Å². The molecule has 0 saturated carbocycles. The van der Waals surface area contributed by atoms with E-state index >= 15 is 0 Å². The molecule has 0 fully saturated rings. The van der Waals surface area contributed by atoms with Crippen molar-refractivity contribution in [3.63, 3.8) is 0 Å². The van der Waals surface area contributed by atoms with Crippen molar-refractivity contribution in [2.24, 2.45) is 0 Å². The molecular formula is C12H29ClN2OP+. The Kier molecular flexibility index (Phi) is 6.91. The van der Waals surface area contributed by atoms with Crippen LogP contribution in [0.25, 0.3) is 0 Å². The minimum Gasteiger partial charge on any atom is -0.197 e. The van der Waals surface area contributed by atoms with Gasteiger partial charge in [-0.15, -0.1) is 9.34 Å². The average Bonchev–Trinajstić information content (AvgIpc) is 1.96. The molecule has 0 atom stereocenters. The van der Waals surface area contributed by atoms with Gasteiger partial charge in [-0.3, -0.25) is 0 Å². The molecule has 17 heavy (non-hydrogen) atoms. The fourth-order valence-electron chi connectivity index (χ4n) is 2.49. The van der Waals surface area contributed by atoms with E-state index in [0.29, 0.717) is 0 Å². The summed E-state index contributed by atoms with van der Waals surface area (Å²) in [5.41, 5.74) is 0. The largest absolute Gasteiger partial charge is 0.391 e. The maximum atomic E-state index is 10.8. The third-order valence-electron chi connectivity index (χ3n) is 2.70. The van der Waals surface area contributed by atoms with E-state index in [1.807, 2.05) is 9.34 Å². The van der Waals surface area contributed by atoms with Crippen LogP contribution < -0.4 is 0 Å². The summed E-state index contributed by atoms with van der Waals surface area (Å²) >= 11 is 6.57. The van der Waals surface area contributed by atoms with E-state index < -0.39 is 7.14 Å².